The Labute approximate surface area is 226 Å². The number of para-hydroxylation sites is 2. The van der Waals surface area contributed by atoms with E-state index in [9.17, 15) is 0 Å². The predicted octanol–water partition coefficient (Wildman–Crippen LogP) is 10.1. The van der Waals surface area contributed by atoms with Crippen LogP contribution in [0.25, 0.3) is 66.4 Å². The lowest BCUT2D eigenvalue weighted by Gasteiger charge is -2.23. The molecule has 2 heterocycles. The van der Waals surface area contributed by atoms with Gasteiger partial charge in [0.2, 0.25) is 0 Å². The molecule has 7 aromatic rings. The fourth-order valence-corrected chi connectivity index (χ4v) is 5.90. The maximum atomic E-state index is 6.28. The van der Waals surface area contributed by atoms with Gasteiger partial charge in [-0.25, -0.2) is 0 Å². The summed E-state index contributed by atoms with van der Waals surface area (Å²) in [5.41, 5.74) is 12.5. The first kappa shape index (κ1) is 22.0. The summed E-state index contributed by atoms with van der Waals surface area (Å²) in [5, 5.41) is 2.30. The molecule has 39 heavy (non-hydrogen) atoms. The number of furan rings is 1. The minimum Gasteiger partial charge on any atom is -0.488 e. The zero-order valence-corrected chi connectivity index (χ0v) is 21.2. The molecule has 0 fully saturated rings. The Kier molecular flexibility index (Phi) is 4.92. The fraction of sp³-hybridized carbons (Fsp3) is 0.0270. The van der Waals surface area contributed by atoms with Crippen LogP contribution in [0.1, 0.15) is 5.56 Å². The lowest BCUT2D eigenvalue weighted by atomic mass is 9.89. The molecular weight excluding hydrogens is 476 g/mol. The number of hydrogen-bond acceptors (Lipinski definition) is 2. The highest BCUT2D eigenvalue weighted by molar-refractivity contribution is 6.09. The zero-order chi connectivity index (χ0) is 25.8. The summed E-state index contributed by atoms with van der Waals surface area (Å²) < 4.78 is 12.4. The number of benzene rings is 6. The molecule has 0 saturated heterocycles. The Hall–Kier alpha value is -5.08. The van der Waals surface area contributed by atoms with Crippen molar-refractivity contribution in [3.05, 3.63) is 139 Å². The van der Waals surface area contributed by atoms with E-state index in [0.29, 0.717) is 6.61 Å². The Morgan fingerprint density at radius 2 is 1.15 bits per heavy atom. The number of fused-ring (bicyclic) bond motifs is 6. The van der Waals surface area contributed by atoms with E-state index in [1.165, 1.54) is 38.9 Å². The van der Waals surface area contributed by atoms with Crippen LogP contribution in [-0.4, -0.2) is 0 Å². The molecule has 8 rings (SSSR count). The van der Waals surface area contributed by atoms with E-state index >= 15 is 0 Å². The smallest absolute Gasteiger partial charge is 0.143 e. The third-order valence-corrected chi connectivity index (χ3v) is 7.80. The van der Waals surface area contributed by atoms with Crippen LogP contribution >= 0.6 is 0 Å². The summed E-state index contributed by atoms with van der Waals surface area (Å²) in [6.45, 7) is 0.612. The Morgan fingerprint density at radius 3 is 2.10 bits per heavy atom. The standard InChI is InChI=1S/C37H24O2/c1-2-11-30-28(8-1)23-38-35-17-7-13-29(36(30)35)27-10-5-9-26(22-27)24-18-20-25(21-19-24)31-14-6-15-33-32-12-3-4-16-34(32)39-37(31)33/h1-22H,23H2. The molecule has 6 aromatic carbocycles. The minimum atomic E-state index is 0.612. The van der Waals surface area contributed by atoms with Gasteiger partial charge in [-0.15, -0.1) is 0 Å². The predicted molar refractivity (Wildman–Crippen MR) is 160 cm³/mol. The second-order valence-electron chi connectivity index (χ2n) is 10.1. The molecule has 1 aliphatic heterocycles. The summed E-state index contributed by atoms with van der Waals surface area (Å²) in [7, 11) is 0. The van der Waals surface area contributed by atoms with Crippen LogP contribution in [-0.2, 0) is 6.61 Å². The average Bonchev–Trinajstić information content (AvgIpc) is 3.40. The van der Waals surface area contributed by atoms with Crippen LogP contribution in [0.5, 0.6) is 5.75 Å². The second kappa shape index (κ2) is 8.75. The molecular formula is C37H24O2. The van der Waals surface area contributed by atoms with Crippen molar-refractivity contribution >= 4 is 21.9 Å². The molecule has 0 atom stereocenters. The van der Waals surface area contributed by atoms with E-state index in [2.05, 4.69) is 121 Å². The van der Waals surface area contributed by atoms with Gasteiger partial charge in [0.1, 0.15) is 23.5 Å². The molecule has 0 aliphatic carbocycles. The average molecular weight is 501 g/mol. The Morgan fingerprint density at radius 1 is 0.462 bits per heavy atom. The van der Waals surface area contributed by atoms with Gasteiger partial charge in [-0.3, -0.25) is 0 Å². The largest absolute Gasteiger partial charge is 0.488 e. The van der Waals surface area contributed by atoms with Crippen molar-refractivity contribution in [2.75, 3.05) is 0 Å². The van der Waals surface area contributed by atoms with Crippen molar-refractivity contribution in [2.24, 2.45) is 0 Å². The van der Waals surface area contributed by atoms with Gasteiger partial charge in [0, 0.05) is 21.9 Å². The highest BCUT2D eigenvalue weighted by atomic mass is 16.5. The van der Waals surface area contributed by atoms with Crippen LogP contribution in [0, 0.1) is 0 Å². The van der Waals surface area contributed by atoms with Gasteiger partial charge in [0.05, 0.1) is 0 Å². The first-order valence-electron chi connectivity index (χ1n) is 13.3. The van der Waals surface area contributed by atoms with Crippen molar-refractivity contribution in [1.29, 1.82) is 0 Å². The van der Waals surface area contributed by atoms with Gasteiger partial charge < -0.3 is 9.15 Å². The van der Waals surface area contributed by atoms with Gasteiger partial charge in [-0.2, -0.15) is 0 Å². The van der Waals surface area contributed by atoms with Gasteiger partial charge in [-0.05, 0) is 57.1 Å². The molecule has 184 valence electrons. The molecule has 2 heteroatoms. The molecule has 0 bridgehead atoms. The highest BCUT2D eigenvalue weighted by Gasteiger charge is 2.21. The SMILES string of the molecule is c1cc(-c2ccc(-c3cccc4c3oc3ccccc34)cc2)cc(-c2cccc3c2-c2ccccc2CO3)c1. The van der Waals surface area contributed by atoms with Crippen LogP contribution in [0.4, 0.5) is 0 Å². The summed E-state index contributed by atoms with van der Waals surface area (Å²) in [5.74, 6) is 0.945. The molecule has 0 saturated carbocycles. The van der Waals surface area contributed by atoms with Crippen LogP contribution < -0.4 is 4.74 Å². The fourth-order valence-electron chi connectivity index (χ4n) is 5.90. The van der Waals surface area contributed by atoms with E-state index in [-0.39, 0.29) is 0 Å². The monoisotopic (exact) mass is 500 g/mol. The van der Waals surface area contributed by atoms with E-state index in [4.69, 9.17) is 9.15 Å². The van der Waals surface area contributed by atoms with Crippen molar-refractivity contribution in [3.63, 3.8) is 0 Å². The first-order chi connectivity index (χ1) is 19.3. The highest BCUT2D eigenvalue weighted by Crippen LogP contribution is 2.44. The molecule has 1 aliphatic rings. The van der Waals surface area contributed by atoms with E-state index in [1.54, 1.807) is 0 Å². The molecule has 0 radical (unpaired) electrons. The molecule has 0 amide bonds. The maximum Gasteiger partial charge on any atom is 0.143 e. The molecule has 2 nitrogen and oxygen atoms in total. The van der Waals surface area contributed by atoms with E-state index < -0.39 is 0 Å². The van der Waals surface area contributed by atoms with Gasteiger partial charge >= 0.3 is 0 Å². The van der Waals surface area contributed by atoms with Gasteiger partial charge in [-0.1, -0.05) is 115 Å². The molecule has 0 unspecified atom stereocenters. The summed E-state index contributed by atoms with van der Waals surface area (Å²) in [4.78, 5) is 0. The van der Waals surface area contributed by atoms with Crippen molar-refractivity contribution in [2.45, 2.75) is 6.61 Å². The molecule has 1 aromatic heterocycles. The second-order valence-corrected chi connectivity index (χ2v) is 10.1. The lowest BCUT2D eigenvalue weighted by Crippen LogP contribution is -2.06. The van der Waals surface area contributed by atoms with Crippen molar-refractivity contribution < 1.29 is 9.15 Å². The van der Waals surface area contributed by atoms with Crippen molar-refractivity contribution in [3.8, 4) is 50.3 Å². The lowest BCUT2D eigenvalue weighted by molar-refractivity contribution is 0.302. The number of rotatable bonds is 3. The quantitative estimate of drug-likeness (QED) is 0.241. The summed E-state index contributed by atoms with van der Waals surface area (Å²) in [6, 6.07) is 47.1. The third kappa shape index (κ3) is 3.57. The van der Waals surface area contributed by atoms with Crippen LogP contribution in [0.15, 0.2) is 138 Å². The summed E-state index contributed by atoms with van der Waals surface area (Å²) in [6.07, 6.45) is 0. The van der Waals surface area contributed by atoms with Crippen molar-refractivity contribution in [1.82, 2.24) is 0 Å². The van der Waals surface area contributed by atoms with E-state index in [1.807, 2.05) is 12.1 Å². The number of ether oxygens (including phenoxy) is 1. The van der Waals surface area contributed by atoms with Gasteiger partial charge in [0.15, 0.2) is 0 Å². The van der Waals surface area contributed by atoms with E-state index in [0.717, 1.165) is 38.8 Å². The summed E-state index contributed by atoms with van der Waals surface area (Å²) >= 11 is 0. The normalized spacial score (nSPS) is 12.2. The third-order valence-electron chi connectivity index (χ3n) is 7.80. The molecule has 0 N–H and O–H groups in total. The Bertz CT molecular complexity index is 2010. The minimum absolute atomic E-state index is 0.612. The molecule has 0 spiro atoms. The number of hydrogen-bond donors (Lipinski definition) is 0. The zero-order valence-electron chi connectivity index (χ0n) is 21.2. The topological polar surface area (TPSA) is 22.4 Å². The Balaban J connectivity index is 1.19. The first-order valence-corrected chi connectivity index (χ1v) is 13.3. The van der Waals surface area contributed by atoms with Crippen LogP contribution in [0.3, 0.4) is 0 Å². The van der Waals surface area contributed by atoms with Crippen LogP contribution in [0.2, 0.25) is 0 Å². The maximum absolute atomic E-state index is 6.28. The van der Waals surface area contributed by atoms with Gasteiger partial charge in [0.25, 0.3) is 0 Å².